The van der Waals surface area contributed by atoms with E-state index in [2.05, 4.69) is 5.10 Å². The van der Waals surface area contributed by atoms with Crippen molar-refractivity contribution in [1.82, 2.24) is 14.7 Å². The van der Waals surface area contributed by atoms with Crippen LogP contribution in [-0.4, -0.2) is 40.8 Å². The number of halogens is 2. The fraction of sp³-hybridized carbons (Fsp3) is 0.375. The third-order valence-electron chi connectivity index (χ3n) is 3.49. The molecule has 0 aliphatic heterocycles. The number of methoxy groups -OCH3 is 1. The molecule has 1 atom stereocenters. The fourth-order valence-corrected chi connectivity index (χ4v) is 2.33. The van der Waals surface area contributed by atoms with Gasteiger partial charge in [0.15, 0.2) is 0 Å². The van der Waals surface area contributed by atoms with Crippen LogP contribution in [0.1, 0.15) is 18.5 Å². The summed E-state index contributed by atoms with van der Waals surface area (Å²) in [6.45, 7) is 2.99. The molecule has 2 aromatic rings. The molecule has 0 saturated heterocycles. The van der Waals surface area contributed by atoms with Crippen molar-refractivity contribution in [2.45, 2.75) is 19.5 Å². The van der Waals surface area contributed by atoms with Crippen molar-refractivity contribution in [1.29, 1.82) is 0 Å². The van der Waals surface area contributed by atoms with Gasteiger partial charge in [-0.25, -0.2) is 4.39 Å². The molecule has 0 aliphatic rings. The Morgan fingerprint density at radius 2 is 2.13 bits per heavy atom. The van der Waals surface area contributed by atoms with Crippen LogP contribution >= 0.6 is 11.6 Å². The molecule has 1 aromatic heterocycles. The second kappa shape index (κ2) is 8.08. The molecule has 1 heterocycles. The van der Waals surface area contributed by atoms with Crippen LogP contribution in [0.25, 0.3) is 0 Å². The van der Waals surface area contributed by atoms with E-state index in [4.69, 9.17) is 16.3 Å². The molecule has 0 bridgehead atoms. The normalized spacial score (nSPS) is 12.2. The van der Waals surface area contributed by atoms with Crippen molar-refractivity contribution in [3.05, 3.63) is 53.1 Å². The van der Waals surface area contributed by atoms with Crippen LogP contribution in [0.15, 0.2) is 36.7 Å². The number of amides is 1. The lowest BCUT2D eigenvalue weighted by molar-refractivity contribution is -0.135. The van der Waals surface area contributed by atoms with Crippen LogP contribution in [0.3, 0.4) is 0 Å². The van der Waals surface area contributed by atoms with Gasteiger partial charge in [0.1, 0.15) is 11.9 Å². The van der Waals surface area contributed by atoms with Gasteiger partial charge in [0.25, 0.3) is 0 Å². The number of carbonyl (C=O) groups is 1. The maximum atomic E-state index is 13.0. The third kappa shape index (κ3) is 4.77. The molecule has 0 fully saturated rings. The van der Waals surface area contributed by atoms with E-state index in [9.17, 15) is 9.18 Å². The number of rotatable bonds is 7. The summed E-state index contributed by atoms with van der Waals surface area (Å²) in [4.78, 5) is 14.4. The Bertz CT molecular complexity index is 645. The van der Waals surface area contributed by atoms with Crippen LogP contribution < -0.4 is 0 Å². The lowest BCUT2D eigenvalue weighted by Crippen LogP contribution is -2.38. The van der Waals surface area contributed by atoms with E-state index in [-0.39, 0.29) is 11.7 Å². The number of benzene rings is 1. The van der Waals surface area contributed by atoms with Crippen molar-refractivity contribution in [2.75, 3.05) is 20.3 Å². The summed E-state index contributed by atoms with van der Waals surface area (Å²) in [6, 6.07) is 5.60. The van der Waals surface area contributed by atoms with Gasteiger partial charge in [-0.3, -0.25) is 9.48 Å². The molecule has 0 spiro atoms. The molecule has 0 aliphatic carbocycles. The predicted octanol–water partition coefficient (Wildman–Crippen LogP) is 2.91. The molecule has 7 heteroatoms. The van der Waals surface area contributed by atoms with Gasteiger partial charge in [0, 0.05) is 26.4 Å². The van der Waals surface area contributed by atoms with Crippen molar-refractivity contribution in [2.24, 2.45) is 0 Å². The van der Waals surface area contributed by atoms with Gasteiger partial charge in [0.2, 0.25) is 5.91 Å². The average molecular weight is 340 g/mol. The summed E-state index contributed by atoms with van der Waals surface area (Å²) >= 11 is 5.85. The largest absolute Gasteiger partial charge is 0.383 e. The number of hydrogen-bond acceptors (Lipinski definition) is 3. The zero-order valence-corrected chi connectivity index (χ0v) is 13.8. The second-order valence-electron chi connectivity index (χ2n) is 5.19. The van der Waals surface area contributed by atoms with Crippen LogP contribution in [0, 0.1) is 5.82 Å². The van der Waals surface area contributed by atoms with E-state index in [0.29, 0.717) is 24.7 Å². The topological polar surface area (TPSA) is 47.4 Å². The summed E-state index contributed by atoms with van der Waals surface area (Å²) < 4.78 is 19.6. The van der Waals surface area contributed by atoms with E-state index < -0.39 is 6.04 Å². The molecule has 0 unspecified atom stereocenters. The first-order valence-electron chi connectivity index (χ1n) is 7.23. The Kier molecular flexibility index (Phi) is 6.12. The molecule has 0 N–H and O–H groups in total. The summed E-state index contributed by atoms with van der Waals surface area (Å²) in [6.07, 6.45) is 3.10. The minimum atomic E-state index is -0.486. The lowest BCUT2D eigenvalue weighted by Gasteiger charge is -2.26. The monoisotopic (exact) mass is 339 g/mol. The highest BCUT2D eigenvalue weighted by molar-refractivity contribution is 6.30. The van der Waals surface area contributed by atoms with Gasteiger partial charge in [-0.1, -0.05) is 23.7 Å². The molecule has 0 radical (unpaired) electrons. The van der Waals surface area contributed by atoms with Crippen LogP contribution in [0.2, 0.25) is 5.02 Å². The van der Waals surface area contributed by atoms with E-state index >= 15 is 0 Å². The predicted molar refractivity (Wildman–Crippen MR) is 85.6 cm³/mol. The molecule has 0 saturated carbocycles. The van der Waals surface area contributed by atoms with Gasteiger partial charge in [-0.15, -0.1) is 0 Å². The minimum absolute atomic E-state index is 0.105. The fourth-order valence-electron chi connectivity index (χ4n) is 2.18. The van der Waals surface area contributed by atoms with E-state index in [1.807, 2.05) is 0 Å². The van der Waals surface area contributed by atoms with Gasteiger partial charge < -0.3 is 9.64 Å². The zero-order valence-electron chi connectivity index (χ0n) is 13.1. The van der Waals surface area contributed by atoms with E-state index in [1.54, 1.807) is 37.3 Å². The number of aromatic nitrogens is 2. The lowest BCUT2D eigenvalue weighted by atomic mass is 10.2. The standard InChI is InChI=1S/C16H19ClFN3O2/c1-12(21-11-14(17)9-19-21)16(22)20(7-8-23-2)10-13-3-5-15(18)6-4-13/h3-6,9,11-12H,7-8,10H2,1-2H3/t12-/m0/s1. The highest BCUT2D eigenvalue weighted by Gasteiger charge is 2.22. The highest BCUT2D eigenvalue weighted by Crippen LogP contribution is 2.15. The number of nitrogens with zero attached hydrogens (tertiary/aromatic N) is 3. The smallest absolute Gasteiger partial charge is 0.247 e. The molecule has 1 aromatic carbocycles. The third-order valence-corrected chi connectivity index (χ3v) is 3.68. The summed E-state index contributed by atoms with van der Waals surface area (Å²) in [7, 11) is 1.58. The van der Waals surface area contributed by atoms with Crippen LogP contribution in [-0.2, 0) is 16.1 Å². The molecule has 5 nitrogen and oxygen atoms in total. The number of ether oxygens (including phenoxy) is 1. The molecular formula is C16H19ClFN3O2. The van der Waals surface area contributed by atoms with Crippen LogP contribution in [0.5, 0.6) is 0 Å². The highest BCUT2D eigenvalue weighted by atomic mass is 35.5. The Morgan fingerprint density at radius 3 is 2.70 bits per heavy atom. The summed E-state index contributed by atoms with van der Waals surface area (Å²) in [5.74, 6) is -0.408. The molecule has 23 heavy (non-hydrogen) atoms. The first-order chi connectivity index (χ1) is 11.0. The van der Waals surface area contributed by atoms with Crippen molar-refractivity contribution in [3.63, 3.8) is 0 Å². The molecule has 1 amide bonds. The second-order valence-corrected chi connectivity index (χ2v) is 5.63. The minimum Gasteiger partial charge on any atom is -0.383 e. The SMILES string of the molecule is COCCN(Cc1ccc(F)cc1)C(=O)[C@H](C)n1cc(Cl)cn1. The van der Waals surface area contributed by atoms with Crippen molar-refractivity contribution < 1.29 is 13.9 Å². The first kappa shape index (κ1) is 17.4. The van der Waals surface area contributed by atoms with Gasteiger partial charge >= 0.3 is 0 Å². The number of carbonyl (C=O) groups excluding carboxylic acids is 1. The van der Waals surface area contributed by atoms with E-state index in [0.717, 1.165) is 5.56 Å². The average Bonchev–Trinajstić information content (AvgIpc) is 2.98. The Labute approximate surface area is 139 Å². The molecular weight excluding hydrogens is 321 g/mol. The maximum absolute atomic E-state index is 13.0. The Balaban J connectivity index is 2.12. The summed E-state index contributed by atoms with van der Waals surface area (Å²) in [5, 5.41) is 4.55. The Hall–Kier alpha value is -1.92. The van der Waals surface area contributed by atoms with Gasteiger partial charge in [0.05, 0.1) is 17.8 Å². The first-order valence-corrected chi connectivity index (χ1v) is 7.61. The molecule has 124 valence electrons. The molecule has 2 rings (SSSR count). The van der Waals surface area contributed by atoms with Crippen LogP contribution in [0.4, 0.5) is 4.39 Å². The van der Waals surface area contributed by atoms with Crippen molar-refractivity contribution in [3.8, 4) is 0 Å². The maximum Gasteiger partial charge on any atom is 0.247 e. The van der Waals surface area contributed by atoms with Crippen molar-refractivity contribution >= 4 is 17.5 Å². The number of hydrogen-bond donors (Lipinski definition) is 0. The quantitative estimate of drug-likeness (QED) is 0.779. The van der Waals surface area contributed by atoms with Gasteiger partial charge in [-0.05, 0) is 24.6 Å². The Morgan fingerprint density at radius 1 is 1.43 bits per heavy atom. The van der Waals surface area contributed by atoms with Gasteiger partial charge in [-0.2, -0.15) is 5.10 Å². The zero-order chi connectivity index (χ0) is 16.8. The van der Waals surface area contributed by atoms with E-state index in [1.165, 1.54) is 23.0 Å². The summed E-state index contributed by atoms with van der Waals surface area (Å²) in [5.41, 5.74) is 0.849.